The standard InChI is InChI=1S/C3H7O.Hg/c1-3(2)4;/h3-4H,1H2,2H3;/i;1-4. The fourth-order valence-electron chi connectivity index (χ4n) is 0. The van der Waals surface area contributed by atoms with Gasteiger partial charge in [-0.3, -0.25) is 0 Å². The molecule has 0 aromatic rings. The van der Waals surface area contributed by atoms with Gasteiger partial charge in [0.2, 0.25) is 0 Å². The van der Waals surface area contributed by atoms with Gasteiger partial charge in [-0.2, -0.15) is 0 Å². The zero-order valence-electron chi connectivity index (χ0n) is 3.44. The van der Waals surface area contributed by atoms with Gasteiger partial charge in [-0.15, -0.1) is 0 Å². The van der Waals surface area contributed by atoms with Crippen LogP contribution in [0, 0.1) is 0 Å². The molecule has 5 heavy (non-hydrogen) atoms. The van der Waals surface area contributed by atoms with Gasteiger partial charge in [-0.1, -0.05) is 0 Å². The van der Waals surface area contributed by atoms with Gasteiger partial charge in [-0.05, 0) is 0 Å². The van der Waals surface area contributed by atoms with Gasteiger partial charge in [0.1, 0.15) is 0 Å². The van der Waals surface area contributed by atoms with Crippen molar-refractivity contribution in [1.29, 1.82) is 0 Å². The van der Waals surface area contributed by atoms with Crippen LogP contribution in [0.15, 0.2) is 0 Å². The Morgan fingerprint density at radius 2 is 2.20 bits per heavy atom. The van der Waals surface area contributed by atoms with Crippen molar-refractivity contribution in [2.45, 2.75) is 17.0 Å². The van der Waals surface area contributed by atoms with E-state index in [0.29, 0.717) is 0 Å². The Bertz CT molecular complexity index is 20.9. The van der Waals surface area contributed by atoms with Crippen LogP contribution in [0.5, 0.6) is 0 Å². The van der Waals surface area contributed by atoms with E-state index in [0.717, 1.165) is 30.1 Å². The van der Waals surface area contributed by atoms with Crippen LogP contribution in [0.25, 0.3) is 0 Å². The molecule has 1 unspecified atom stereocenters. The summed E-state index contributed by atoms with van der Waals surface area (Å²) in [5.74, 6) is 0. The fourth-order valence-corrected chi connectivity index (χ4v) is 0. The third kappa shape index (κ3) is 4.90. The Labute approximate surface area is 48.4 Å². The second-order valence-electron chi connectivity index (χ2n) is 1.14. The van der Waals surface area contributed by atoms with Crippen LogP contribution in [0.1, 0.15) is 6.92 Å². The number of hydrogen-bond donors (Lipinski definition) is 1. The van der Waals surface area contributed by atoms with Gasteiger partial charge < -0.3 is 0 Å². The maximum atomic E-state index is 8.41. The minimum atomic E-state index is -0.0293. The molecule has 0 rings (SSSR count). The van der Waals surface area contributed by atoms with E-state index in [9.17, 15) is 0 Å². The van der Waals surface area contributed by atoms with Gasteiger partial charge in [-0.25, -0.2) is 0 Å². The summed E-state index contributed by atoms with van der Waals surface area (Å²) in [5, 5.41) is 8.41. The molecule has 0 heterocycles. The molecule has 0 aromatic heterocycles. The van der Waals surface area contributed by atoms with Crippen molar-refractivity contribution in [3.63, 3.8) is 0 Å². The predicted octanol–water partition coefficient (Wildman–Crippen LogP) is 0.332. The summed E-state index contributed by atoms with van der Waals surface area (Å²) in [5.41, 5.74) is 0. The van der Waals surface area contributed by atoms with Crippen molar-refractivity contribution in [2.75, 3.05) is 0 Å². The molecule has 27 valence electrons. The molecule has 1 nitrogen and oxygen atoms in total. The van der Waals surface area contributed by atoms with Gasteiger partial charge in [0.25, 0.3) is 0 Å². The molecule has 1 atom stereocenters. The number of aliphatic hydroxyl groups excluding tert-OH is 1. The van der Waals surface area contributed by atoms with Crippen LogP contribution in [-0.4, -0.2) is 11.2 Å². The molecule has 0 amide bonds. The molecule has 0 spiro atoms. The second kappa shape index (κ2) is 3.10. The molecule has 0 bridgehead atoms. The zero-order valence-corrected chi connectivity index (χ0v) is 8.94. The fraction of sp³-hybridized carbons (Fsp3) is 1.00. The molecule has 0 aromatic carbocycles. The molecular weight excluding hydrogens is 249 g/mol. The van der Waals surface area contributed by atoms with Crippen LogP contribution in [-0.2, 0) is 26.1 Å². The Morgan fingerprint density at radius 3 is 2.20 bits per heavy atom. The first-order valence-corrected chi connectivity index (χ1v) is 5.63. The summed E-state index contributed by atoms with van der Waals surface area (Å²) >= 11 is 0.793. The molecule has 0 saturated heterocycles. The van der Waals surface area contributed by atoms with E-state index in [4.69, 9.17) is 5.11 Å². The third-order valence-electron chi connectivity index (χ3n) is 0.418. The van der Waals surface area contributed by atoms with Gasteiger partial charge in [0, 0.05) is 0 Å². The van der Waals surface area contributed by atoms with Crippen molar-refractivity contribution in [3.8, 4) is 0 Å². The average Bonchev–Trinajstić information content (AvgIpc) is 1.38. The predicted molar refractivity (Wildman–Crippen MR) is 16.5 cm³/mol. The van der Waals surface area contributed by atoms with Gasteiger partial charge in [0.15, 0.2) is 0 Å². The molecular formula is C3H7HgO. The Morgan fingerprint density at radius 1 is 2.00 bits per heavy atom. The normalized spacial score (nSPS) is 15.2. The summed E-state index contributed by atoms with van der Waals surface area (Å²) in [6, 6.07) is 0. The summed E-state index contributed by atoms with van der Waals surface area (Å²) in [6.45, 7) is 1.83. The monoisotopic (exact) mass is 256 g/mol. The van der Waals surface area contributed by atoms with Crippen LogP contribution in [0.4, 0.5) is 0 Å². The Hall–Kier alpha value is 0.895. The maximum absolute atomic E-state index is 8.41. The van der Waals surface area contributed by atoms with Crippen molar-refractivity contribution in [3.05, 3.63) is 0 Å². The van der Waals surface area contributed by atoms with E-state index in [1.54, 1.807) is 0 Å². The Kier molecular flexibility index (Phi) is 3.65. The van der Waals surface area contributed by atoms with Gasteiger partial charge in [0.05, 0.1) is 0 Å². The topological polar surface area (TPSA) is 20.2 Å². The SMILES string of the molecule is CC(O)[CH2][197Hg]. The van der Waals surface area contributed by atoms with E-state index < -0.39 is 0 Å². The first-order valence-electron chi connectivity index (χ1n) is 1.74. The molecule has 0 saturated carbocycles. The van der Waals surface area contributed by atoms with Crippen molar-refractivity contribution >= 4 is 0 Å². The van der Waals surface area contributed by atoms with E-state index in [-0.39, 0.29) is 6.10 Å². The number of hydrogen-bond acceptors (Lipinski definition) is 1. The molecule has 0 aliphatic carbocycles. The van der Waals surface area contributed by atoms with E-state index in [2.05, 4.69) is 0 Å². The van der Waals surface area contributed by atoms with E-state index >= 15 is 0 Å². The van der Waals surface area contributed by atoms with Crippen LogP contribution >= 0.6 is 0 Å². The third-order valence-corrected chi connectivity index (χ3v) is 3.67. The molecule has 0 aliphatic heterocycles. The molecule has 1 N–H and O–H groups in total. The quantitative estimate of drug-likeness (QED) is 0.670. The van der Waals surface area contributed by atoms with Gasteiger partial charge >= 0.3 is 48.2 Å². The molecule has 0 fully saturated rings. The number of aliphatic hydroxyl groups is 1. The van der Waals surface area contributed by atoms with Crippen LogP contribution in [0.3, 0.4) is 0 Å². The van der Waals surface area contributed by atoms with E-state index in [1.165, 1.54) is 0 Å². The first-order chi connectivity index (χ1) is 2.27. The molecule has 0 radical (unpaired) electrons. The van der Waals surface area contributed by atoms with Crippen molar-refractivity contribution in [2.24, 2.45) is 0 Å². The molecule has 2 heteroatoms. The number of rotatable bonds is 1. The summed E-state index contributed by atoms with van der Waals surface area (Å²) in [6.07, 6.45) is -0.0293. The second-order valence-corrected chi connectivity index (χ2v) is 3.38. The average molecular weight is 256 g/mol. The summed E-state index contributed by atoms with van der Waals surface area (Å²) < 4.78 is 1.06. The molecule has 0 aliphatic rings. The van der Waals surface area contributed by atoms with Crippen LogP contribution < -0.4 is 0 Å². The Balaban J connectivity index is 2.54. The first kappa shape index (κ1) is 5.90. The minimum absolute atomic E-state index is 0.0293. The van der Waals surface area contributed by atoms with E-state index in [1.807, 2.05) is 6.92 Å². The van der Waals surface area contributed by atoms with Crippen molar-refractivity contribution < 1.29 is 31.2 Å². The zero-order chi connectivity index (χ0) is 4.28. The van der Waals surface area contributed by atoms with Crippen LogP contribution in [0.2, 0.25) is 3.93 Å². The van der Waals surface area contributed by atoms with Crippen molar-refractivity contribution in [1.82, 2.24) is 0 Å². The summed E-state index contributed by atoms with van der Waals surface area (Å²) in [4.78, 5) is 0. The summed E-state index contributed by atoms with van der Waals surface area (Å²) in [7, 11) is 0.